The van der Waals surface area contributed by atoms with E-state index in [-0.39, 0.29) is 19.3 Å². The number of carbonyl (C=O) groups is 2. The van der Waals surface area contributed by atoms with Crippen molar-refractivity contribution in [2.75, 3.05) is 26.4 Å². The van der Waals surface area contributed by atoms with Gasteiger partial charge in [0.05, 0.1) is 25.9 Å². The summed E-state index contributed by atoms with van der Waals surface area (Å²) in [5.74, 6) is -0.489. The van der Waals surface area contributed by atoms with Gasteiger partial charge in [-0.2, -0.15) is 0 Å². The molecular formula is C41H70O14P2. The van der Waals surface area contributed by atoms with Gasteiger partial charge in [-0.15, -0.1) is 0 Å². The van der Waals surface area contributed by atoms with Crippen LogP contribution in [0.5, 0.6) is 0 Å². The van der Waals surface area contributed by atoms with Crippen molar-refractivity contribution < 1.29 is 66.7 Å². The van der Waals surface area contributed by atoms with E-state index in [0.29, 0.717) is 12.8 Å². The number of ether oxygens (including phenoxy) is 2. The first-order valence-corrected chi connectivity index (χ1v) is 23.2. The molecule has 5 atom stereocenters. The first-order chi connectivity index (χ1) is 27.2. The third kappa shape index (κ3) is 38.8. The third-order valence-electron chi connectivity index (χ3n) is 8.23. The number of unbranched alkanes of at least 4 members (excludes halogenated alkanes) is 5. The Labute approximate surface area is 340 Å². The average molecular weight is 849 g/mol. The van der Waals surface area contributed by atoms with Crippen LogP contribution in [-0.2, 0) is 41.8 Å². The van der Waals surface area contributed by atoms with E-state index in [0.717, 1.165) is 57.3 Å². The molecule has 0 bridgehead atoms. The number of hydrogen-bond acceptors (Lipinski definition) is 11. The molecule has 328 valence electrons. The summed E-state index contributed by atoms with van der Waals surface area (Å²) in [4.78, 5) is 52.5. The predicted molar refractivity (Wildman–Crippen MR) is 222 cm³/mol. The second-order valence-corrected chi connectivity index (χ2v) is 16.3. The van der Waals surface area contributed by atoms with Crippen molar-refractivity contribution in [2.24, 2.45) is 5.92 Å². The van der Waals surface area contributed by atoms with Gasteiger partial charge in [0.1, 0.15) is 12.7 Å². The number of aliphatic hydroxyl groups is 2. The van der Waals surface area contributed by atoms with Crippen molar-refractivity contribution in [1.29, 1.82) is 0 Å². The zero-order valence-electron chi connectivity index (χ0n) is 34.2. The molecule has 57 heavy (non-hydrogen) atoms. The van der Waals surface area contributed by atoms with Crippen molar-refractivity contribution in [3.63, 3.8) is 0 Å². The molecule has 0 aromatic carbocycles. The Morgan fingerprint density at radius 2 is 1.25 bits per heavy atom. The van der Waals surface area contributed by atoms with E-state index in [1.165, 1.54) is 19.3 Å². The summed E-state index contributed by atoms with van der Waals surface area (Å²) < 4.78 is 47.5. The van der Waals surface area contributed by atoms with Gasteiger partial charge in [-0.05, 0) is 50.9 Å². The summed E-state index contributed by atoms with van der Waals surface area (Å²) >= 11 is 0. The Morgan fingerprint density at radius 3 is 1.89 bits per heavy atom. The molecule has 0 rings (SSSR count). The molecule has 0 aliphatic heterocycles. The summed E-state index contributed by atoms with van der Waals surface area (Å²) in [5, 5.41) is 19.9. The summed E-state index contributed by atoms with van der Waals surface area (Å²) in [6.45, 7) is 3.65. The van der Waals surface area contributed by atoms with Crippen LogP contribution in [0, 0.1) is 5.92 Å². The van der Waals surface area contributed by atoms with Crippen LogP contribution in [0.4, 0.5) is 0 Å². The van der Waals surface area contributed by atoms with Gasteiger partial charge in [0.15, 0.2) is 6.10 Å². The Morgan fingerprint density at radius 1 is 0.649 bits per heavy atom. The van der Waals surface area contributed by atoms with E-state index in [1.807, 2.05) is 12.2 Å². The maximum Gasteiger partial charge on any atom is 0.472 e. The Kier molecular flexibility index (Phi) is 33.9. The first-order valence-electron chi connectivity index (χ1n) is 20.1. The van der Waals surface area contributed by atoms with Crippen molar-refractivity contribution in [1.82, 2.24) is 0 Å². The van der Waals surface area contributed by atoms with Crippen LogP contribution in [0.1, 0.15) is 124 Å². The minimum Gasteiger partial charge on any atom is -0.462 e. The van der Waals surface area contributed by atoms with Crippen LogP contribution >= 0.6 is 15.6 Å². The SMILES string of the molecule is CC/C=C\C/C=C\C/C=C\C/C=C\C=C/C(O)C/C=C\CCC(=O)O[C@H](COC(=O)CCCCCCCCC(C)CC)COP(=O)(O)OC[C@@H](O)COP(=O)(O)O. The topological polar surface area (TPSA) is 216 Å². The number of hydrogen-bond donors (Lipinski definition) is 5. The number of aliphatic hydroxyl groups excluding tert-OH is 2. The second kappa shape index (κ2) is 35.5. The van der Waals surface area contributed by atoms with E-state index in [2.05, 4.69) is 66.3 Å². The van der Waals surface area contributed by atoms with Crippen LogP contribution in [0.2, 0.25) is 0 Å². The number of phosphoric ester groups is 2. The van der Waals surface area contributed by atoms with Crippen molar-refractivity contribution >= 4 is 27.6 Å². The molecule has 16 heteroatoms. The minimum atomic E-state index is -4.88. The van der Waals surface area contributed by atoms with Gasteiger partial charge >= 0.3 is 27.6 Å². The highest BCUT2D eigenvalue weighted by atomic mass is 31.2. The number of rotatable bonds is 36. The van der Waals surface area contributed by atoms with Crippen LogP contribution in [0.25, 0.3) is 0 Å². The number of phosphoric acid groups is 2. The fourth-order valence-corrected chi connectivity index (χ4v) is 5.94. The molecular weight excluding hydrogens is 778 g/mol. The molecule has 0 saturated heterocycles. The average Bonchev–Trinajstić information content (AvgIpc) is 3.16. The lowest BCUT2D eigenvalue weighted by atomic mass is 10.00. The molecule has 0 radical (unpaired) electrons. The van der Waals surface area contributed by atoms with Gasteiger partial charge < -0.3 is 34.4 Å². The van der Waals surface area contributed by atoms with Crippen LogP contribution in [0.15, 0.2) is 72.9 Å². The molecule has 14 nitrogen and oxygen atoms in total. The quantitative estimate of drug-likeness (QED) is 0.0131. The number of carbonyl (C=O) groups excluding carboxylic acids is 2. The molecule has 0 fully saturated rings. The van der Waals surface area contributed by atoms with Gasteiger partial charge in [0.2, 0.25) is 0 Å². The smallest absolute Gasteiger partial charge is 0.462 e. The van der Waals surface area contributed by atoms with Crippen LogP contribution < -0.4 is 0 Å². The molecule has 0 amide bonds. The highest BCUT2D eigenvalue weighted by molar-refractivity contribution is 7.47. The van der Waals surface area contributed by atoms with E-state index in [1.54, 1.807) is 24.3 Å². The molecule has 0 aromatic heterocycles. The highest BCUT2D eigenvalue weighted by Gasteiger charge is 2.28. The van der Waals surface area contributed by atoms with Gasteiger partial charge in [0, 0.05) is 12.8 Å². The van der Waals surface area contributed by atoms with Gasteiger partial charge in [0.25, 0.3) is 0 Å². The summed E-state index contributed by atoms with van der Waals surface area (Å²) in [6.07, 6.45) is 32.5. The molecule has 0 spiro atoms. The fraction of sp³-hybridized carbons (Fsp3) is 0.659. The predicted octanol–water partition coefficient (Wildman–Crippen LogP) is 8.66. The lowest BCUT2D eigenvalue weighted by Crippen LogP contribution is -2.29. The van der Waals surface area contributed by atoms with Crippen molar-refractivity contribution in [2.45, 2.75) is 142 Å². The van der Waals surface area contributed by atoms with E-state index in [9.17, 15) is 33.8 Å². The maximum atomic E-state index is 12.6. The molecule has 0 aliphatic rings. The third-order valence-corrected chi connectivity index (χ3v) is 9.67. The zero-order chi connectivity index (χ0) is 42.6. The zero-order valence-corrected chi connectivity index (χ0v) is 36.0. The van der Waals surface area contributed by atoms with Crippen LogP contribution in [-0.4, -0.2) is 81.6 Å². The van der Waals surface area contributed by atoms with Crippen molar-refractivity contribution in [3.05, 3.63) is 72.9 Å². The standard InChI is InChI=1S/C41H70O14P2/c1-4-6-7-8-9-10-11-12-13-14-15-19-23-28-37(42)29-24-21-26-31-41(45)55-39(35-54-57(49,50)53-33-38(43)32-52-56(46,47)48)34-51-40(44)30-25-20-17-16-18-22-27-36(3)5-2/h6-7,9-10,12-13,15,19,21,23-24,28,36-39,42-43H,4-5,8,11,14,16-18,20,22,25-27,29-35H2,1-3H3,(H,49,50)(H2,46,47,48)/b7-6-,10-9-,13-12-,19-15-,24-21-,28-23-/t36?,37?,38-,39+/m0/s1. The number of allylic oxidation sites excluding steroid dienone is 10. The first kappa shape index (κ1) is 54.5. The maximum absolute atomic E-state index is 12.6. The van der Waals surface area contributed by atoms with E-state index < -0.39 is 72.3 Å². The molecule has 0 aromatic rings. The fourth-order valence-electron chi connectivity index (χ4n) is 4.78. The lowest BCUT2D eigenvalue weighted by molar-refractivity contribution is -0.161. The summed E-state index contributed by atoms with van der Waals surface area (Å²) in [5.41, 5.74) is 0. The van der Waals surface area contributed by atoms with E-state index >= 15 is 0 Å². The largest absolute Gasteiger partial charge is 0.472 e. The molecule has 5 N–H and O–H groups in total. The lowest BCUT2D eigenvalue weighted by Gasteiger charge is -2.20. The number of esters is 2. The summed E-state index contributed by atoms with van der Waals surface area (Å²) in [7, 11) is -9.74. The Hall–Kier alpha value is -2.48. The normalized spacial score (nSPS) is 16.0. The molecule has 0 saturated carbocycles. The second-order valence-electron chi connectivity index (χ2n) is 13.6. The monoisotopic (exact) mass is 848 g/mol. The van der Waals surface area contributed by atoms with Gasteiger partial charge in [-0.1, -0.05) is 139 Å². The van der Waals surface area contributed by atoms with Gasteiger partial charge in [-0.25, -0.2) is 9.13 Å². The Bertz CT molecular complexity index is 1320. The van der Waals surface area contributed by atoms with Crippen LogP contribution in [0.3, 0.4) is 0 Å². The minimum absolute atomic E-state index is 0.0781. The van der Waals surface area contributed by atoms with Gasteiger partial charge in [-0.3, -0.25) is 23.2 Å². The van der Waals surface area contributed by atoms with Crippen molar-refractivity contribution in [3.8, 4) is 0 Å². The molecule has 0 heterocycles. The molecule has 3 unspecified atom stereocenters. The highest BCUT2D eigenvalue weighted by Crippen LogP contribution is 2.43. The summed E-state index contributed by atoms with van der Waals surface area (Å²) in [6, 6.07) is 0. The Balaban J connectivity index is 4.80. The van der Waals surface area contributed by atoms with E-state index in [4.69, 9.17) is 23.8 Å². The molecule has 0 aliphatic carbocycles.